The Balaban J connectivity index is 1.44. The van der Waals surface area contributed by atoms with E-state index in [9.17, 15) is 14.0 Å². The molecule has 1 saturated carbocycles. The molecule has 3 N–H and O–H groups in total. The van der Waals surface area contributed by atoms with Crippen molar-refractivity contribution in [1.82, 2.24) is 20.9 Å². The lowest BCUT2D eigenvalue weighted by Gasteiger charge is -2.49. The van der Waals surface area contributed by atoms with Gasteiger partial charge in [0.25, 0.3) is 0 Å². The maximum Gasteiger partial charge on any atom is 0.240 e. The van der Waals surface area contributed by atoms with E-state index in [0.717, 1.165) is 50.8 Å². The van der Waals surface area contributed by atoms with E-state index in [-0.39, 0.29) is 35.1 Å². The van der Waals surface area contributed by atoms with Crippen LogP contribution in [0.1, 0.15) is 77.2 Å². The predicted octanol–water partition coefficient (Wildman–Crippen LogP) is 3.79. The van der Waals surface area contributed by atoms with Crippen LogP contribution in [0.5, 0.6) is 0 Å². The number of halogens is 1. The van der Waals surface area contributed by atoms with E-state index >= 15 is 0 Å². The minimum atomic E-state index is -0.342. The van der Waals surface area contributed by atoms with Crippen molar-refractivity contribution in [3.8, 4) is 0 Å². The second-order valence-electron chi connectivity index (χ2n) is 11.5. The Morgan fingerprint density at radius 1 is 1.06 bits per heavy atom. The number of nitrogens with zero attached hydrogens (tertiary/aromatic N) is 1. The van der Waals surface area contributed by atoms with E-state index in [1.54, 1.807) is 12.1 Å². The van der Waals surface area contributed by atoms with Crippen LogP contribution in [0.3, 0.4) is 0 Å². The second-order valence-corrected chi connectivity index (χ2v) is 11.5. The molecular formula is C29H45FN4O2. The third kappa shape index (κ3) is 6.86. The molecule has 7 heteroatoms. The van der Waals surface area contributed by atoms with Crippen LogP contribution in [-0.2, 0) is 16.0 Å². The molecule has 0 aromatic heterocycles. The summed E-state index contributed by atoms with van der Waals surface area (Å²) in [6, 6.07) is 6.52. The summed E-state index contributed by atoms with van der Waals surface area (Å²) in [5.41, 5.74) is 0.756. The van der Waals surface area contributed by atoms with Crippen molar-refractivity contribution in [2.75, 3.05) is 26.2 Å². The lowest BCUT2D eigenvalue weighted by molar-refractivity contribution is -0.136. The van der Waals surface area contributed by atoms with E-state index < -0.39 is 0 Å². The summed E-state index contributed by atoms with van der Waals surface area (Å²) in [7, 11) is 0. The Hall–Kier alpha value is -1.99. The number of amides is 2. The van der Waals surface area contributed by atoms with Crippen molar-refractivity contribution in [2.45, 2.75) is 95.7 Å². The van der Waals surface area contributed by atoms with Gasteiger partial charge in [0.15, 0.2) is 0 Å². The van der Waals surface area contributed by atoms with Gasteiger partial charge in [-0.25, -0.2) is 4.39 Å². The number of rotatable bonds is 9. The molecule has 3 fully saturated rings. The Kier molecular flexibility index (Phi) is 9.40. The highest BCUT2D eigenvalue weighted by Gasteiger charge is 2.44. The molecule has 0 unspecified atom stereocenters. The zero-order valence-electron chi connectivity index (χ0n) is 22.2. The second kappa shape index (κ2) is 12.5. The van der Waals surface area contributed by atoms with E-state index in [0.29, 0.717) is 31.5 Å². The van der Waals surface area contributed by atoms with E-state index in [1.807, 2.05) is 18.7 Å². The van der Waals surface area contributed by atoms with Gasteiger partial charge in [0.05, 0.1) is 6.04 Å². The van der Waals surface area contributed by atoms with Crippen LogP contribution in [0.4, 0.5) is 4.39 Å². The van der Waals surface area contributed by atoms with Gasteiger partial charge in [-0.3, -0.25) is 9.59 Å². The average molecular weight is 501 g/mol. The topological polar surface area (TPSA) is 73.5 Å². The number of carbonyl (C=O) groups excluding carboxylic acids is 2. The molecule has 3 aliphatic rings. The first-order chi connectivity index (χ1) is 17.4. The van der Waals surface area contributed by atoms with Crippen molar-refractivity contribution >= 4 is 11.8 Å². The monoisotopic (exact) mass is 500 g/mol. The minimum absolute atomic E-state index is 0.0430. The molecule has 36 heavy (non-hydrogen) atoms. The van der Waals surface area contributed by atoms with Crippen molar-refractivity contribution in [2.24, 2.45) is 11.8 Å². The molecule has 2 saturated heterocycles. The molecule has 1 aromatic carbocycles. The van der Waals surface area contributed by atoms with Gasteiger partial charge < -0.3 is 20.9 Å². The summed E-state index contributed by atoms with van der Waals surface area (Å²) in [4.78, 5) is 28.6. The molecule has 2 amide bonds. The van der Waals surface area contributed by atoms with Crippen molar-refractivity contribution in [3.05, 3.63) is 35.6 Å². The number of carbonyl (C=O) groups is 2. The van der Waals surface area contributed by atoms with Gasteiger partial charge in [0, 0.05) is 37.1 Å². The molecule has 0 bridgehead atoms. The molecule has 4 rings (SSSR count). The standard InChI is InChI=1S/C29H45FN4O2/c1-21(2)27(35)33-29(23-7-4-3-5-8-23)14-17-34(18-15-29)28(36)26(32-20-25-9-6-16-31-25)19-22-10-12-24(30)13-11-22/h10-13,21,23,25-26,31-32H,3-9,14-20H2,1-2H3,(H,33,35)/t25-,26-/m1/s1. The fraction of sp³-hybridized carbons (Fsp3) is 0.724. The van der Waals surface area contributed by atoms with Crippen LogP contribution >= 0.6 is 0 Å². The number of hydrogen-bond donors (Lipinski definition) is 3. The van der Waals surface area contributed by atoms with Gasteiger partial charge in [-0.15, -0.1) is 0 Å². The van der Waals surface area contributed by atoms with Crippen molar-refractivity contribution in [1.29, 1.82) is 0 Å². The van der Waals surface area contributed by atoms with E-state index in [4.69, 9.17) is 0 Å². The number of nitrogens with one attached hydrogen (secondary N) is 3. The Morgan fingerprint density at radius 3 is 2.36 bits per heavy atom. The molecule has 1 aromatic rings. The fourth-order valence-corrected chi connectivity index (χ4v) is 6.35. The Bertz CT molecular complexity index is 855. The van der Waals surface area contributed by atoms with Gasteiger partial charge in [0.2, 0.25) is 11.8 Å². The predicted molar refractivity (Wildman–Crippen MR) is 141 cm³/mol. The smallest absolute Gasteiger partial charge is 0.240 e. The zero-order chi connectivity index (χ0) is 25.5. The summed E-state index contributed by atoms with van der Waals surface area (Å²) in [6.45, 7) is 7.01. The lowest BCUT2D eigenvalue weighted by atomic mass is 9.69. The van der Waals surface area contributed by atoms with Crippen LogP contribution in [0, 0.1) is 17.7 Å². The average Bonchev–Trinajstić information content (AvgIpc) is 3.42. The Labute approximate surface area is 216 Å². The van der Waals surface area contributed by atoms with Gasteiger partial charge in [-0.1, -0.05) is 45.2 Å². The Morgan fingerprint density at radius 2 is 1.75 bits per heavy atom. The quantitative estimate of drug-likeness (QED) is 0.482. The molecule has 6 nitrogen and oxygen atoms in total. The minimum Gasteiger partial charge on any atom is -0.350 e. The molecule has 0 spiro atoms. The summed E-state index contributed by atoms with van der Waals surface area (Å²) in [5, 5.41) is 10.5. The number of benzene rings is 1. The van der Waals surface area contributed by atoms with Crippen molar-refractivity contribution in [3.63, 3.8) is 0 Å². The number of hydrogen-bond acceptors (Lipinski definition) is 4. The molecule has 2 heterocycles. The highest BCUT2D eigenvalue weighted by atomic mass is 19.1. The maximum atomic E-state index is 13.8. The van der Waals surface area contributed by atoms with Gasteiger partial charge in [0.1, 0.15) is 5.82 Å². The summed E-state index contributed by atoms with van der Waals surface area (Å²) < 4.78 is 13.5. The summed E-state index contributed by atoms with van der Waals surface area (Å²) in [5.74, 6) is 0.430. The van der Waals surface area contributed by atoms with E-state index in [1.165, 1.54) is 37.8 Å². The largest absolute Gasteiger partial charge is 0.350 e. The van der Waals surface area contributed by atoms with Gasteiger partial charge >= 0.3 is 0 Å². The van der Waals surface area contributed by atoms with Crippen LogP contribution in [0.2, 0.25) is 0 Å². The molecule has 2 aliphatic heterocycles. The molecule has 200 valence electrons. The lowest BCUT2D eigenvalue weighted by Crippen LogP contribution is -2.62. The summed E-state index contributed by atoms with van der Waals surface area (Å²) >= 11 is 0. The summed E-state index contributed by atoms with van der Waals surface area (Å²) in [6.07, 6.45) is 10.5. The maximum absolute atomic E-state index is 13.8. The molecule has 2 atom stereocenters. The van der Waals surface area contributed by atoms with Gasteiger partial charge in [-0.2, -0.15) is 0 Å². The molecule has 0 radical (unpaired) electrons. The zero-order valence-corrected chi connectivity index (χ0v) is 22.2. The van der Waals surface area contributed by atoms with Crippen LogP contribution < -0.4 is 16.0 Å². The van der Waals surface area contributed by atoms with Crippen LogP contribution in [0.15, 0.2) is 24.3 Å². The molecular weight excluding hydrogens is 455 g/mol. The fourth-order valence-electron chi connectivity index (χ4n) is 6.35. The third-order valence-corrected chi connectivity index (χ3v) is 8.67. The number of likely N-dealkylation sites (tertiary alicyclic amines) is 1. The highest BCUT2D eigenvalue weighted by Crippen LogP contribution is 2.39. The van der Waals surface area contributed by atoms with Gasteiger partial charge in [-0.05, 0) is 75.1 Å². The van der Waals surface area contributed by atoms with Crippen molar-refractivity contribution < 1.29 is 14.0 Å². The van der Waals surface area contributed by atoms with E-state index in [2.05, 4.69) is 16.0 Å². The highest BCUT2D eigenvalue weighted by molar-refractivity contribution is 5.82. The first kappa shape index (κ1) is 27.1. The first-order valence-electron chi connectivity index (χ1n) is 14.2. The normalized spacial score (nSPS) is 23.6. The number of piperidine rings is 1. The SMILES string of the molecule is CC(C)C(=O)NC1(C2CCCCC2)CCN(C(=O)[C@@H](Cc2ccc(F)cc2)NC[C@H]2CCCN2)CC1. The first-order valence-corrected chi connectivity index (χ1v) is 14.2. The molecule has 1 aliphatic carbocycles. The van der Waals surface area contributed by atoms with Crippen LogP contribution in [0.25, 0.3) is 0 Å². The third-order valence-electron chi connectivity index (χ3n) is 8.67. The van der Waals surface area contributed by atoms with Crippen LogP contribution in [-0.4, -0.2) is 60.5 Å².